The second-order valence-electron chi connectivity index (χ2n) is 4.65. The summed E-state index contributed by atoms with van der Waals surface area (Å²) in [7, 11) is 0. The highest BCUT2D eigenvalue weighted by Crippen LogP contribution is 2.40. The van der Waals surface area contributed by atoms with Crippen molar-refractivity contribution in [3.05, 3.63) is 21.6 Å². The van der Waals surface area contributed by atoms with E-state index in [9.17, 15) is 10.1 Å². The van der Waals surface area contributed by atoms with Gasteiger partial charge in [0.25, 0.3) is 0 Å². The molecule has 0 unspecified atom stereocenters. The fourth-order valence-corrected chi connectivity index (χ4v) is 2.01. The maximum absolute atomic E-state index is 10.8. The lowest BCUT2D eigenvalue weighted by Crippen LogP contribution is -2.33. The van der Waals surface area contributed by atoms with Crippen molar-refractivity contribution >= 4 is 23.1 Å². The summed E-state index contributed by atoms with van der Waals surface area (Å²) in [6.45, 7) is 2.82. The van der Waals surface area contributed by atoms with Gasteiger partial charge in [-0.1, -0.05) is 13.3 Å². The van der Waals surface area contributed by atoms with Gasteiger partial charge in [-0.3, -0.25) is 10.1 Å². The lowest BCUT2D eigenvalue weighted by Gasteiger charge is -2.38. The average Bonchev–Trinajstić information content (AvgIpc) is 2.23. The zero-order valence-electron chi connectivity index (χ0n) is 9.44. The van der Waals surface area contributed by atoms with Crippen molar-refractivity contribution in [3.8, 4) is 0 Å². The van der Waals surface area contributed by atoms with E-state index in [1.54, 1.807) is 0 Å². The molecule has 0 saturated heterocycles. The van der Waals surface area contributed by atoms with Gasteiger partial charge in [-0.15, -0.1) is 0 Å². The van der Waals surface area contributed by atoms with E-state index in [0.29, 0.717) is 6.54 Å². The monoisotopic (exact) mass is 256 g/mol. The molecule has 17 heavy (non-hydrogen) atoms. The Kier molecular flexibility index (Phi) is 3.15. The largest absolute Gasteiger partial charge is 0.364 e. The lowest BCUT2D eigenvalue weighted by atomic mass is 9.70. The van der Waals surface area contributed by atoms with Crippen LogP contribution in [-0.4, -0.2) is 21.4 Å². The normalized spacial score (nSPS) is 17.3. The third-order valence-corrected chi connectivity index (χ3v) is 3.36. The first-order valence-corrected chi connectivity index (χ1v) is 5.79. The topological polar surface area (TPSA) is 81.0 Å². The Bertz CT molecular complexity index is 448. The van der Waals surface area contributed by atoms with Crippen LogP contribution in [0.1, 0.15) is 26.2 Å². The van der Waals surface area contributed by atoms with Crippen molar-refractivity contribution in [1.29, 1.82) is 0 Å². The second-order valence-corrected chi connectivity index (χ2v) is 4.99. The smallest absolute Gasteiger partial charge is 0.329 e. The summed E-state index contributed by atoms with van der Waals surface area (Å²) < 4.78 is 0. The van der Waals surface area contributed by atoms with E-state index in [1.165, 1.54) is 6.42 Å². The summed E-state index contributed by atoms with van der Waals surface area (Å²) in [5.74, 6) is 0.197. The number of nitrogens with one attached hydrogen (secondary N) is 1. The summed E-state index contributed by atoms with van der Waals surface area (Å²) >= 11 is 5.63. The molecule has 0 aliphatic heterocycles. The Hall–Kier alpha value is -1.43. The molecule has 0 atom stereocenters. The highest BCUT2D eigenvalue weighted by molar-refractivity contribution is 6.28. The number of hydrogen-bond acceptors (Lipinski definition) is 5. The van der Waals surface area contributed by atoms with Crippen molar-refractivity contribution in [2.24, 2.45) is 5.41 Å². The first-order chi connectivity index (χ1) is 8.00. The van der Waals surface area contributed by atoms with Gasteiger partial charge >= 0.3 is 5.69 Å². The minimum atomic E-state index is -0.512. The van der Waals surface area contributed by atoms with Crippen LogP contribution in [0.5, 0.6) is 0 Å². The number of rotatable bonds is 4. The quantitative estimate of drug-likeness (QED) is 0.509. The summed E-state index contributed by atoms with van der Waals surface area (Å²) in [4.78, 5) is 17.7. The molecule has 1 aliphatic rings. The predicted molar refractivity (Wildman–Crippen MR) is 64.1 cm³/mol. The molecule has 0 aromatic carbocycles. The molecule has 1 saturated carbocycles. The second kappa shape index (κ2) is 4.44. The number of anilines is 1. The van der Waals surface area contributed by atoms with E-state index in [-0.39, 0.29) is 22.2 Å². The molecule has 1 aromatic rings. The van der Waals surface area contributed by atoms with Crippen LogP contribution in [0.15, 0.2) is 6.20 Å². The maximum Gasteiger partial charge on any atom is 0.329 e. The molecule has 1 aromatic heterocycles. The number of nitrogens with zero attached hydrogens (tertiary/aromatic N) is 3. The van der Waals surface area contributed by atoms with Crippen molar-refractivity contribution in [1.82, 2.24) is 9.97 Å². The molecule has 1 fully saturated rings. The highest BCUT2D eigenvalue weighted by Gasteiger charge is 2.32. The summed E-state index contributed by atoms with van der Waals surface area (Å²) in [5.41, 5.74) is 0.0722. The predicted octanol–water partition coefficient (Wildman–Crippen LogP) is 2.64. The standard InChI is InChI=1S/C10H13ClN4O2/c1-10(3-2-4-10)6-13-8-7(15(16)17)5-12-9(11)14-8/h5H,2-4,6H2,1H3,(H,12,13,14). The Morgan fingerprint density at radius 3 is 2.88 bits per heavy atom. The van der Waals surface area contributed by atoms with Gasteiger partial charge in [-0.2, -0.15) is 4.98 Å². The molecule has 0 bridgehead atoms. The van der Waals surface area contributed by atoms with Crippen LogP contribution in [-0.2, 0) is 0 Å². The third kappa shape index (κ3) is 2.63. The van der Waals surface area contributed by atoms with Crippen LogP contribution in [0.3, 0.4) is 0 Å². The molecular weight excluding hydrogens is 244 g/mol. The third-order valence-electron chi connectivity index (χ3n) is 3.18. The van der Waals surface area contributed by atoms with Gasteiger partial charge in [-0.25, -0.2) is 4.98 Å². The number of halogens is 1. The van der Waals surface area contributed by atoms with E-state index in [1.807, 2.05) is 0 Å². The number of hydrogen-bond donors (Lipinski definition) is 1. The van der Waals surface area contributed by atoms with Gasteiger partial charge in [0.2, 0.25) is 11.1 Å². The average molecular weight is 257 g/mol. The van der Waals surface area contributed by atoms with Gasteiger partial charge in [0.05, 0.1) is 4.92 Å². The van der Waals surface area contributed by atoms with Gasteiger partial charge in [-0.05, 0) is 29.9 Å². The van der Waals surface area contributed by atoms with E-state index in [0.717, 1.165) is 19.0 Å². The fourth-order valence-electron chi connectivity index (χ4n) is 1.87. The lowest BCUT2D eigenvalue weighted by molar-refractivity contribution is -0.384. The Labute approximate surface area is 104 Å². The SMILES string of the molecule is CC1(CNc2nc(Cl)ncc2[N+](=O)[O-])CCC1. The van der Waals surface area contributed by atoms with Gasteiger partial charge < -0.3 is 5.32 Å². The van der Waals surface area contributed by atoms with Crippen LogP contribution in [0.25, 0.3) is 0 Å². The molecular formula is C10H13ClN4O2. The zero-order valence-corrected chi connectivity index (χ0v) is 10.2. The summed E-state index contributed by atoms with van der Waals surface area (Å²) in [6, 6.07) is 0. The first kappa shape index (κ1) is 12.0. The summed E-state index contributed by atoms with van der Waals surface area (Å²) in [6.07, 6.45) is 4.60. The Balaban J connectivity index is 2.13. The van der Waals surface area contributed by atoms with E-state index in [2.05, 4.69) is 22.2 Å². The molecule has 0 amide bonds. The van der Waals surface area contributed by atoms with Crippen LogP contribution in [0.2, 0.25) is 5.28 Å². The Morgan fingerprint density at radius 1 is 1.65 bits per heavy atom. The molecule has 7 heteroatoms. The van der Waals surface area contributed by atoms with Gasteiger partial charge in [0, 0.05) is 6.54 Å². The van der Waals surface area contributed by atoms with Crippen LogP contribution in [0.4, 0.5) is 11.5 Å². The molecule has 2 rings (SSSR count). The molecule has 6 nitrogen and oxygen atoms in total. The fraction of sp³-hybridized carbons (Fsp3) is 0.600. The van der Waals surface area contributed by atoms with Crippen molar-refractivity contribution in [2.45, 2.75) is 26.2 Å². The maximum atomic E-state index is 10.8. The molecule has 0 radical (unpaired) electrons. The van der Waals surface area contributed by atoms with E-state index < -0.39 is 4.92 Å². The van der Waals surface area contributed by atoms with Crippen molar-refractivity contribution in [2.75, 3.05) is 11.9 Å². The number of nitro groups is 1. The Morgan fingerprint density at radius 2 is 2.35 bits per heavy atom. The van der Waals surface area contributed by atoms with Crippen LogP contribution < -0.4 is 5.32 Å². The van der Waals surface area contributed by atoms with Gasteiger partial charge in [0.15, 0.2) is 0 Å². The van der Waals surface area contributed by atoms with Crippen LogP contribution in [0, 0.1) is 15.5 Å². The minimum Gasteiger partial charge on any atom is -0.364 e. The molecule has 0 spiro atoms. The molecule has 1 heterocycles. The zero-order chi connectivity index (χ0) is 12.5. The number of aromatic nitrogens is 2. The van der Waals surface area contributed by atoms with E-state index in [4.69, 9.17) is 11.6 Å². The van der Waals surface area contributed by atoms with Crippen molar-refractivity contribution in [3.63, 3.8) is 0 Å². The summed E-state index contributed by atoms with van der Waals surface area (Å²) in [5, 5.41) is 13.8. The highest BCUT2D eigenvalue weighted by atomic mass is 35.5. The van der Waals surface area contributed by atoms with Gasteiger partial charge in [0.1, 0.15) is 6.20 Å². The molecule has 92 valence electrons. The van der Waals surface area contributed by atoms with Crippen LogP contribution >= 0.6 is 11.6 Å². The molecule has 1 aliphatic carbocycles. The minimum absolute atomic E-state index is 0.0110. The molecule has 1 N–H and O–H groups in total. The van der Waals surface area contributed by atoms with Crippen molar-refractivity contribution < 1.29 is 4.92 Å². The van der Waals surface area contributed by atoms with E-state index >= 15 is 0 Å². The first-order valence-electron chi connectivity index (χ1n) is 5.41.